The number of nitrogens with zero attached hydrogens (tertiary/aromatic N) is 4. The van der Waals surface area contributed by atoms with Gasteiger partial charge >= 0.3 is 6.18 Å². The van der Waals surface area contributed by atoms with Crippen LogP contribution >= 0.6 is 0 Å². The topological polar surface area (TPSA) is 71.4 Å². The lowest BCUT2D eigenvalue weighted by atomic mass is 10.0. The molecule has 2 aromatic carbocycles. The molecule has 2 aliphatic heterocycles. The highest BCUT2D eigenvalue weighted by molar-refractivity contribution is 5.67. The van der Waals surface area contributed by atoms with Crippen molar-refractivity contribution in [1.29, 1.82) is 0 Å². The minimum absolute atomic E-state index is 0.0476. The highest BCUT2D eigenvalue weighted by Gasteiger charge is 2.36. The summed E-state index contributed by atoms with van der Waals surface area (Å²) >= 11 is 0. The Labute approximate surface area is 200 Å². The van der Waals surface area contributed by atoms with Gasteiger partial charge in [-0.2, -0.15) is 18.2 Å². The highest BCUT2D eigenvalue weighted by atomic mass is 19.4. The maximum absolute atomic E-state index is 13.9. The molecule has 5 rings (SSSR count). The van der Waals surface area contributed by atoms with Crippen molar-refractivity contribution in [1.82, 2.24) is 15.0 Å². The zero-order valence-electron chi connectivity index (χ0n) is 19.1. The van der Waals surface area contributed by atoms with Crippen molar-refractivity contribution in [2.24, 2.45) is 5.73 Å². The summed E-state index contributed by atoms with van der Waals surface area (Å²) in [5, 5.41) is 3.91. The zero-order chi connectivity index (χ0) is 24.6. The lowest BCUT2D eigenvalue weighted by Crippen LogP contribution is -2.35. The van der Waals surface area contributed by atoms with Gasteiger partial charge in [-0.3, -0.25) is 4.90 Å². The van der Waals surface area contributed by atoms with E-state index >= 15 is 0 Å². The Morgan fingerprint density at radius 3 is 2.34 bits per heavy atom. The SMILES string of the molecule is NC1CCN(Cc2ccc(-c3nc(-c4ccc(N5CCC(F)CC5)c(C(F)(F)F)c4)no3)cc2)C1. The van der Waals surface area contributed by atoms with Gasteiger partial charge in [0.25, 0.3) is 5.89 Å². The zero-order valence-corrected chi connectivity index (χ0v) is 19.1. The van der Waals surface area contributed by atoms with Gasteiger partial charge in [-0.1, -0.05) is 17.3 Å². The quantitative estimate of drug-likeness (QED) is 0.515. The Morgan fingerprint density at radius 2 is 1.69 bits per heavy atom. The molecule has 3 heterocycles. The fourth-order valence-electron chi connectivity index (χ4n) is 4.74. The van der Waals surface area contributed by atoms with Crippen LogP contribution in [0.25, 0.3) is 22.8 Å². The van der Waals surface area contributed by atoms with Crippen LogP contribution in [0.1, 0.15) is 30.4 Å². The van der Waals surface area contributed by atoms with Crippen LogP contribution < -0.4 is 10.6 Å². The van der Waals surface area contributed by atoms with E-state index < -0.39 is 17.9 Å². The average molecular weight is 490 g/mol. The maximum atomic E-state index is 13.9. The lowest BCUT2D eigenvalue weighted by Gasteiger charge is -2.32. The average Bonchev–Trinajstić information content (AvgIpc) is 3.49. The third kappa shape index (κ3) is 5.33. The molecule has 0 amide bonds. The second-order valence-corrected chi connectivity index (χ2v) is 9.30. The molecule has 0 radical (unpaired) electrons. The van der Waals surface area contributed by atoms with E-state index in [1.165, 1.54) is 6.07 Å². The van der Waals surface area contributed by atoms with Crippen LogP contribution in [0.2, 0.25) is 0 Å². The third-order valence-corrected chi connectivity index (χ3v) is 6.67. The minimum Gasteiger partial charge on any atom is -0.371 e. The van der Waals surface area contributed by atoms with Gasteiger partial charge in [-0.05, 0) is 55.2 Å². The largest absolute Gasteiger partial charge is 0.418 e. The van der Waals surface area contributed by atoms with Crippen LogP contribution in [0, 0.1) is 0 Å². The molecule has 0 spiro atoms. The number of rotatable bonds is 5. The number of aromatic nitrogens is 2. The van der Waals surface area contributed by atoms with E-state index in [0.29, 0.717) is 5.56 Å². The van der Waals surface area contributed by atoms with Crippen LogP contribution in [0.5, 0.6) is 0 Å². The maximum Gasteiger partial charge on any atom is 0.418 e. The summed E-state index contributed by atoms with van der Waals surface area (Å²) in [4.78, 5) is 8.22. The molecule has 1 aromatic heterocycles. The Morgan fingerprint density at radius 1 is 0.971 bits per heavy atom. The molecule has 2 N–H and O–H groups in total. The molecular weight excluding hydrogens is 462 g/mol. The van der Waals surface area contributed by atoms with E-state index in [2.05, 4.69) is 15.0 Å². The number of nitrogens with two attached hydrogens (primary N) is 1. The van der Waals surface area contributed by atoms with Crippen LogP contribution in [0.3, 0.4) is 0 Å². The monoisotopic (exact) mass is 489 g/mol. The Hall–Kier alpha value is -2.98. The molecule has 2 saturated heterocycles. The van der Waals surface area contributed by atoms with Crippen molar-refractivity contribution in [3.63, 3.8) is 0 Å². The summed E-state index contributed by atoms with van der Waals surface area (Å²) in [6, 6.07) is 11.9. The Balaban J connectivity index is 1.35. The highest BCUT2D eigenvalue weighted by Crippen LogP contribution is 2.40. The van der Waals surface area contributed by atoms with Crippen LogP contribution in [-0.4, -0.2) is 53.4 Å². The molecule has 10 heteroatoms. The van der Waals surface area contributed by atoms with E-state index in [0.717, 1.165) is 37.7 Å². The van der Waals surface area contributed by atoms with Gasteiger partial charge in [0.05, 0.1) is 5.56 Å². The number of hydrogen-bond donors (Lipinski definition) is 1. The Bertz CT molecular complexity index is 1160. The molecule has 0 bridgehead atoms. The first-order valence-electron chi connectivity index (χ1n) is 11.8. The molecule has 6 nitrogen and oxygen atoms in total. The molecule has 0 aliphatic carbocycles. The normalized spacial score (nSPS) is 20.0. The summed E-state index contributed by atoms with van der Waals surface area (Å²) in [5.74, 6) is 0.312. The van der Waals surface area contributed by atoms with Crippen molar-refractivity contribution >= 4 is 5.69 Å². The van der Waals surface area contributed by atoms with Gasteiger partial charge in [-0.15, -0.1) is 0 Å². The second-order valence-electron chi connectivity index (χ2n) is 9.30. The van der Waals surface area contributed by atoms with Gasteiger partial charge in [0.1, 0.15) is 6.17 Å². The third-order valence-electron chi connectivity index (χ3n) is 6.67. The van der Waals surface area contributed by atoms with Crippen LogP contribution in [-0.2, 0) is 12.7 Å². The van der Waals surface area contributed by atoms with Crippen molar-refractivity contribution in [2.45, 2.75) is 44.2 Å². The molecular formula is C25H27F4N5O. The summed E-state index contributed by atoms with van der Waals surface area (Å²) in [6.07, 6.45) is -4.10. The number of piperidine rings is 1. The summed E-state index contributed by atoms with van der Waals surface area (Å²) in [6.45, 7) is 3.15. The van der Waals surface area contributed by atoms with E-state index in [4.69, 9.17) is 10.3 Å². The van der Waals surface area contributed by atoms with E-state index in [9.17, 15) is 17.6 Å². The first-order chi connectivity index (χ1) is 16.8. The Kier molecular flexibility index (Phi) is 6.50. The molecule has 3 aromatic rings. The molecule has 1 unspecified atom stereocenters. The standard InChI is InChI=1S/C25H27F4N5O/c26-19-7-11-34(12-8-19)22-6-5-18(13-21(22)25(27,28)29)23-31-24(35-32-23)17-3-1-16(2-4-17)14-33-10-9-20(30)15-33/h1-6,13,19-20H,7-12,14-15,30H2. The number of benzene rings is 2. The van der Waals surface area contributed by atoms with Crippen molar-refractivity contribution in [2.75, 3.05) is 31.1 Å². The first kappa shape index (κ1) is 23.7. The van der Waals surface area contributed by atoms with Crippen LogP contribution in [0.4, 0.5) is 23.2 Å². The second kappa shape index (κ2) is 9.58. The molecule has 35 heavy (non-hydrogen) atoms. The summed E-state index contributed by atoms with van der Waals surface area (Å²) in [7, 11) is 0. The molecule has 1 atom stereocenters. The number of halogens is 4. The molecule has 186 valence electrons. The molecule has 0 saturated carbocycles. The lowest BCUT2D eigenvalue weighted by molar-refractivity contribution is -0.137. The number of likely N-dealkylation sites (tertiary alicyclic amines) is 1. The number of hydrogen-bond acceptors (Lipinski definition) is 6. The fourth-order valence-corrected chi connectivity index (χ4v) is 4.74. The van der Waals surface area contributed by atoms with Gasteiger partial charge in [0.15, 0.2) is 0 Å². The molecule has 2 fully saturated rings. The predicted octanol–water partition coefficient (Wildman–Crippen LogP) is 4.89. The summed E-state index contributed by atoms with van der Waals surface area (Å²) in [5.41, 5.74) is 7.25. The molecule has 2 aliphatic rings. The summed E-state index contributed by atoms with van der Waals surface area (Å²) < 4.78 is 60.5. The number of alkyl halides is 4. The number of anilines is 1. The van der Waals surface area contributed by atoms with Crippen LogP contribution in [0.15, 0.2) is 47.0 Å². The van der Waals surface area contributed by atoms with E-state index in [1.807, 2.05) is 24.3 Å². The van der Waals surface area contributed by atoms with E-state index in [-0.39, 0.29) is 54.9 Å². The smallest absolute Gasteiger partial charge is 0.371 e. The van der Waals surface area contributed by atoms with Gasteiger partial charge in [0.2, 0.25) is 5.82 Å². The fraction of sp³-hybridized carbons (Fsp3) is 0.440. The van der Waals surface area contributed by atoms with Gasteiger partial charge < -0.3 is 15.2 Å². The van der Waals surface area contributed by atoms with Crippen molar-refractivity contribution in [3.8, 4) is 22.8 Å². The minimum atomic E-state index is -4.57. The van der Waals surface area contributed by atoms with E-state index in [1.54, 1.807) is 11.0 Å². The van der Waals surface area contributed by atoms with Crippen molar-refractivity contribution < 1.29 is 22.1 Å². The predicted molar refractivity (Wildman–Crippen MR) is 124 cm³/mol. The van der Waals surface area contributed by atoms with Gasteiger partial charge in [-0.25, -0.2) is 4.39 Å². The first-order valence-corrected chi connectivity index (χ1v) is 11.8. The van der Waals surface area contributed by atoms with Gasteiger partial charge in [0, 0.05) is 55.6 Å². The van der Waals surface area contributed by atoms with Crippen molar-refractivity contribution in [3.05, 3.63) is 53.6 Å².